The van der Waals surface area contributed by atoms with Gasteiger partial charge in [-0.3, -0.25) is 0 Å². The Kier molecular flexibility index (Phi) is 4.54. The van der Waals surface area contributed by atoms with Crippen molar-refractivity contribution in [3.8, 4) is 0 Å². The van der Waals surface area contributed by atoms with Crippen molar-refractivity contribution in [1.82, 2.24) is 9.97 Å². The molecule has 0 amide bonds. The second kappa shape index (κ2) is 4.91. The summed E-state index contributed by atoms with van der Waals surface area (Å²) in [6, 6.07) is 0. The van der Waals surface area contributed by atoms with Gasteiger partial charge in [-0.2, -0.15) is 0 Å². The highest BCUT2D eigenvalue weighted by molar-refractivity contribution is 5.10. The van der Waals surface area contributed by atoms with E-state index in [9.17, 15) is 0 Å². The van der Waals surface area contributed by atoms with Crippen LogP contribution in [0.3, 0.4) is 0 Å². The molecule has 0 aromatic carbocycles. The zero-order valence-corrected chi connectivity index (χ0v) is 7.73. The van der Waals surface area contributed by atoms with Crippen molar-refractivity contribution in [3.05, 3.63) is 17.2 Å². The summed E-state index contributed by atoms with van der Waals surface area (Å²) >= 11 is 0. The Labute approximate surface area is 68.0 Å². The highest BCUT2D eigenvalue weighted by Crippen LogP contribution is 2.01. The van der Waals surface area contributed by atoms with Gasteiger partial charge in [-0.05, 0) is 20.9 Å². The number of H-pyrrole nitrogens is 1. The van der Waals surface area contributed by atoms with Gasteiger partial charge in [0.15, 0.2) is 0 Å². The van der Waals surface area contributed by atoms with E-state index in [-0.39, 0.29) is 0 Å². The van der Waals surface area contributed by atoms with E-state index in [1.807, 2.05) is 13.8 Å². The Morgan fingerprint density at radius 1 is 1.36 bits per heavy atom. The average molecular weight is 155 g/mol. The van der Waals surface area contributed by atoms with Gasteiger partial charge in [0.25, 0.3) is 0 Å². The molecule has 1 aromatic heterocycles. The minimum atomic E-state index is 0.995. The summed E-state index contributed by atoms with van der Waals surface area (Å²) < 4.78 is 0. The molecule has 1 rings (SSSR count). The summed E-state index contributed by atoms with van der Waals surface area (Å²) in [5.41, 5.74) is 6.80. The fourth-order valence-electron chi connectivity index (χ4n) is 0.789. The molecule has 3 nitrogen and oxygen atoms in total. The van der Waals surface area contributed by atoms with Crippen molar-refractivity contribution >= 4 is 0 Å². The topological polar surface area (TPSA) is 54.7 Å². The third kappa shape index (κ3) is 2.72. The van der Waals surface area contributed by atoms with Crippen molar-refractivity contribution in [2.24, 2.45) is 5.73 Å². The smallest absolute Gasteiger partial charge is 0.106 e. The van der Waals surface area contributed by atoms with Gasteiger partial charge in [0.2, 0.25) is 0 Å². The zero-order valence-electron chi connectivity index (χ0n) is 7.73. The van der Waals surface area contributed by atoms with Gasteiger partial charge in [-0.1, -0.05) is 6.92 Å². The summed E-state index contributed by atoms with van der Waals surface area (Å²) in [5.74, 6) is 1.09. The number of aryl methyl sites for hydroxylation is 3. The van der Waals surface area contributed by atoms with Crippen LogP contribution >= 0.6 is 0 Å². The second-order valence-corrected chi connectivity index (χ2v) is 2.25. The van der Waals surface area contributed by atoms with Crippen molar-refractivity contribution in [3.63, 3.8) is 0 Å². The molecule has 64 valence electrons. The molecule has 11 heavy (non-hydrogen) atoms. The highest BCUT2D eigenvalue weighted by atomic mass is 14.9. The molecule has 0 saturated heterocycles. The molecule has 1 heterocycles. The Hall–Kier alpha value is -0.830. The molecule has 0 atom stereocenters. The molecule has 0 spiro atoms. The lowest BCUT2D eigenvalue weighted by Gasteiger charge is -1.82. The average Bonchev–Trinajstić information content (AvgIpc) is 2.36. The van der Waals surface area contributed by atoms with E-state index in [1.165, 1.54) is 12.7 Å². The Morgan fingerprint density at radius 3 is 2.09 bits per heavy atom. The van der Waals surface area contributed by atoms with Crippen LogP contribution in [0.25, 0.3) is 0 Å². The Bertz CT molecular complexity index is 184. The molecule has 1 aromatic rings. The fourth-order valence-corrected chi connectivity index (χ4v) is 0.789. The van der Waals surface area contributed by atoms with E-state index >= 15 is 0 Å². The predicted octanol–water partition coefficient (Wildman–Crippen LogP) is 1.16. The molecule has 0 radical (unpaired) electrons. The largest absolute Gasteiger partial charge is 0.346 e. The lowest BCUT2D eigenvalue weighted by atomic mass is 10.4. The number of rotatable bonds is 1. The van der Waals surface area contributed by atoms with E-state index in [2.05, 4.69) is 22.6 Å². The second-order valence-electron chi connectivity index (χ2n) is 2.25. The maximum atomic E-state index is 4.50. The minimum absolute atomic E-state index is 0.995. The molecule has 0 unspecified atom stereocenters. The van der Waals surface area contributed by atoms with Gasteiger partial charge in [0.05, 0.1) is 5.69 Å². The quantitative estimate of drug-likeness (QED) is 0.639. The number of hydrogen-bond acceptors (Lipinski definition) is 2. The van der Waals surface area contributed by atoms with Crippen LogP contribution in [0.2, 0.25) is 0 Å². The standard InChI is InChI=1S/C7H12N2.CH5N/c1-4-7-8-5(2)6(3)9-7;1-2/h4H2,1-3H3,(H,8,9);2H2,1H3. The summed E-state index contributed by atoms with van der Waals surface area (Å²) in [4.78, 5) is 7.46. The van der Waals surface area contributed by atoms with Gasteiger partial charge in [-0.15, -0.1) is 0 Å². The Morgan fingerprint density at radius 2 is 1.91 bits per heavy atom. The summed E-state index contributed by atoms with van der Waals surface area (Å²) in [6.07, 6.45) is 0.995. The van der Waals surface area contributed by atoms with Gasteiger partial charge >= 0.3 is 0 Å². The first-order chi connectivity index (χ1) is 5.24. The van der Waals surface area contributed by atoms with Crippen molar-refractivity contribution in [2.75, 3.05) is 7.05 Å². The van der Waals surface area contributed by atoms with Crippen LogP contribution < -0.4 is 5.73 Å². The first-order valence-electron chi connectivity index (χ1n) is 3.84. The molecular weight excluding hydrogens is 138 g/mol. The van der Waals surface area contributed by atoms with Crippen LogP contribution in [0.4, 0.5) is 0 Å². The van der Waals surface area contributed by atoms with E-state index in [0.717, 1.165) is 17.9 Å². The van der Waals surface area contributed by atoms with Crippen LogP contribution in [0, 0.1) is 13.8 Å². The number of hydrogen-bond donors (Lipinski definition) is 2. The summed E-state index contributed by atoms with van der Waals surface area (Å²) in [6.45, 7) is 6.16. The number of nitrogens with one attached hydrogen (secondary N) is 1. The number of nitrogens with two attached hydrogens (primary N) is 1. The molecule has 0 fully saturated rings. The van der Waals surface area contributed by atoms with Crippen LogP contribution in [0.15, 0.2) is 0 Å². The summed E-state index contributed by atoms with van der Waals surface area (Å²) in [5, 5.41) is 0. The maximum absolute atomic E-state index is 4.50. The maximum Gasteiger partial charge on any atom is 0.106 e. The predicted molar refractivity (Wildman–Crippen MR) is 47.6 cm³/mol. The zero-order chi connectivity index (χ0) is 8.85. The fraction of sp³-hybridized carbons (Fsp3) is 0.625. The molecule has 3 N–H and O–H groups in total. The van der Waals surface area contributed by atoms with Crippen LogP contribution in [0.5, 0.6) is 0 Å². The molecular formula is C8H17N3. The van der Waals surface area contributed by atoms with Gasteiger partial charge in [0.1, 0.15) is 5.82 Å². The van der Waals surface area contributed by atoms with Crippen molar-refractivity contribution in [1.29, 1.82) is 0 Å². The molecule has 0 aliphatic rings. The van der Waals surface area contributed by atoms with Crippen LogP contribution in [-0.2, 0) is 6.42 Å². The van der Waals surface area contributed by atoms with Crippen LogP contribution in [0.1, 0.15) is 24.1 Å². The molecule has 0 aliphatic carbocycles. The SMILES string of the molecule is CCc1nc(C)c(C)[nH]1.CN. The minimum Gasteiger partial charge on any atom is -0.346 e. The lowest BCUT2D eigenvalue weighted by molar-refractivity contribution is 0.977. The molecule has 0 bridgehead atoms. The highest BCUT2D eigenvalue weighted by Gasteiger charge is 1.97. The summed E-state index contributed by atoms with van der Waals surface area (Å²) in [7, 11) is 1.50. The first-order valence-corrected chi connectivity index (χ1v) is 3.84. The van der Waals surface area contributed by atoms with E-state index in [4.69, 9.17) is 0 Å². The number of aromatic nitrogens is 2. The van der Waals surface area contributed by atoms with Crippen molar-refractivity contribution < 1.29 is 0 Å². The molecule has 3 heteroatoms. The van der Waals surface area contributed by atoms with Gasteiger partial charge in [0, 0.05) is 12.1 Å². The molecule has 0 aliphatic heterocycles. The third-order valence-corrected chi connectivity index (χ3v) is 1.51. The van der Waals surface area contributed by atoms with Crippen molar-refractivity contribution in [2.45, 2.75) is 27.2 Å². The van der Waals surface area contributed by atoms with Gasteiger partial charge < -0.3 is 10.7 Å². The monoisotopic (exact) mass is 155 g/mol. The number of nitrogens with zero attached hydrogens (tertiary/aromatic N) is 1. The van der Waals surface area contributed by atoms with E-state index in [0.29, 0.717) is 0 Å². The van der Waals surface area contributed by atoms with Crippen LogP contribution in [-0.4, -0.2) is 17.0 Å². The normalized spacial score (nSPS) is 8.82. The van der Waals surface area contributed by atoms with Gasteiger partial charge in [-0.25, -0.2) is 4.98 Å². The van der Waals surface area contributed by atoms with E-state index < -0.39 is 0 Å². The number of aromatic amines is 1. The Balaban J connectivity index is 0.000000461. The van der Waals surface area contributed by atoms with E-state index in [1.54, 1.807) is 0 Å². The lowest BCUT2D eigenvalue weighted by Crippen LogP contribution is -1.80. The third-order valence-electron chi connectivity index (χ3n) is 1.51. The molecule has 0 saturated carbocycles. The number of imidazole rings is 1. The first kappa shape index (κ1) is 10.2.